The summed E-state index contributed by atoms with van der Waals surface area (Å²) in [7, 11) is 0. The molecule has 7 heteroatoms. The lowest BCUT2D eigenvalue weighted by atomic mass is 10.0. The van der Waals surface area contributed by atoms with E-state index in [1.165, 1.54) is 0 Å². The molecule has 0 saturated heterocycles. The summed E-state index contributed by atoms with van der Waals surface area (Å²) < 4.78 is 37.5. The van der Waals surface area contributed by atoms with Crippen molar-refractivity contribution in [3.8, 4) is 0 Å². The Balaban J connectivity index is 1.78. The van der Waals surface area contributed by atoms with Crippen LogP contribution in [0.3, 0.4) is 0 Å². The second kappa shape index (κ2) is 8.70. The van der Waals surface area contributed by atoms with Crippen molar-refractivity contribution in [1.29, 1.82) is 0 Å². The molecule has 2 aromatic carbocycles. The van der Waals surface area contributed by atoms with E-state index in [0.29, 0.717) is 11.5 Å². The maximum atomic E-state index is 12.5. The highest BCUT2D eigenvalue weighted by Gasteiger charge is 2.30. The van der Waals surface area contributed by atoms with E-state index in [1.54, 1.807) is 12.1 Å². The number of alkyl halides is 3. The molecule has 0 fully saturated rings. The van der Waals surface area contributed by atoms with Crippen molar-refractivity contribution in [2.45, 2.75) is 25.9 Å². The second-order valence-corrected chi connectivity index (χ2v) is 6.36. The first-order valence-corrected chi connectivity index (χ1v) is 8.52. The number of rotatable bonds is 6. The molecule has 144 valence electrons. The molecule has 0 aliphatic carbocycles. The van der Waals surface area contributed by atoms with Gasteiger partial charge in [-0.1, -0.05) is 26.0 Å². The van der Waals surface area contributed by atoms with Gasteiger partial charge in [0.05, 0.1) is 5.56 Å². The minimum absolute atomic E-state index is 0.124. The number of nitrogens with one attached hydrogen (secondary N) is 2. The summed E-state index contributed by atoms with van der Waals surface area (Å²) in [5.41, 5.74) is 0.970. The van der Waals surface area contributed by atoms with Gasteiger partial charge in [-0.25, -0.2) is 0 Å². The summed E-state index contributed by atoms with van der Waals surface area (Å²) in [6.45, 7) is 4.50. The number of hydrogen-bond donors (Lipinski definition) is 2. The molecule has 0 bridgehead atoms. The Kier molecular flexibility index (Phi) is 6.60. The normalized spacial score (nSPS) is 11.3. The van der Waals surface area contributed by atoms with Gasteiger partial charge in [0.25, 0.3) is 11.8 Å². The van der Waals surface area contributed by atoms with Crippen molar-refractivity contribution in [3.05, 3.63) is 70.8 Å². The zero-order chi connectivity index (χ0) is 20.0. The third-order valence-corrected chi connectivity index (χ3v) is 4.01. The van der Waals surface area contributed by atoms with Crippen molar-refractivity contribution < 1.29 is 22.8 Å². The van der Waals surface area contributed by atoms with Crippen LogP contribution >= 0.6 is 0 Å². The van der Waals surface area contributed by atoms with Crippen LogP contribution in [0.25, 0.3) is 0 Å². The van der Waals surface area contributed by atoms with Gasteiger partial charge >= 0.3 is 6.18 Å². The largest absolute Gasteiger partial charge is 0.416 e. The monoisotopic (exact) mass is 378 g/mol. The van der Waals surface area contributed by atoms with Crippen LogP contribution in [-0.2, 0) is 6.18 Å². The lowest BCUT2D eigenvalue weighted by Gasteiger charge is -2.10. The van der Waals surface area contributed by atoms with Crippen LogP contribution in [0.4, 0.5) is 13.2 Å². The maximum Gasteiger partial charge on any atom is 0.416 e. The van der Waals surface area contributed by atoms with E-state index < -0.39 is 17.6 Å². The van der Waals surface area contributed by atoms with Gasteiger partial charge in [0.1, 0.15) is 0 Å². The smallest absolute Gasteiger partial charge is 0.350 e. The summed E-state index contributed by atoms with van der Waals surface area (Å²) in [5.74, 6) is -0.379. The Hall–Kier alpha value is -2.83. The maximum absolute atomic E-state index is 12.5. The fourth-order valence-electron chi connectivity index (χ4n) is 2.39. The molecule has 2 aromatic rings. The number of carbonyl (C=O) groups excluding carboxylic acids is 2. The van der Waals surface area contributed by atoms with Crippen LogP contribution in [0.15, 0.2) is 48.5 Å². The van der Waals surface area contributed by atoms with Crippen LogP contribution in [0.5, 0.6) is 0 Å². The average Bonchev–Trinajstić information content (AvgIpc) is 2.64. The molecule has 2 amide bonds. The standard InChI is InChI=1S/C20H21F3N2O2/c1-13(2)14-3-5-15(6-4-14)18(26)24-11-12-25-19(27)16-7-9-17(10-8-16)20(21,22)23/h3-10,13H,11-12H2,1-2H3,(H,24,26)(H,25,27). The van der Waals surface area contributed by atoms with Gasteiger partial charge in [-0.2, -0.15) is 13.2 Å². The molecule has 2 rings (SSSR count). The molecular formula is C20H21F3N2O2. The number of benzene rings is 2. The lowest BCUT2D eigenvalue weighted by Crippen LogP contribution is -2.34. The lowest BCUT2D eigenvalue weighted by molar-refractivity contribution is -0.137. The third kappa shape index (κ3) is 5.84. The van der Waals surface area contributed by atoms with E-state index in [9.17, 15) is 22.8 Å². The molecular weight excluding hydrogens is 357 g/mol. The van der Waals surface area contributed by atoms with Crippen molar-refractivity contribution in [2.24, 2.45) is 0 Å². The van der Waals surface area contributed by atoms with Crippen LogP contribution < -0.4 is 10.6 Å². The van der Waals surface area contributed by atoms with Crippen LogP contribution in [0.2, 0.25) is 0 Å². The molecule has 0 aromatic heterocycles. The summed E-state index contributed by atoms with van der Waals surface area (Å²) >= 11 is 0. The Bertz CT molecular complexity index is 782. The number of carbonyl (C=O) groups is 2. The molecule has 0 spiro atoms. The van der Waals surface area contributed by atoms with Crippen molar-refractivity contribution in [1.82, 2.24) is 10.6 Å². The molecule has 0 aliphatic rings. The Morgan fingerprint density at radius 3 is 1.59 bits per heavy atom. The molecule has 0 saturated carbocycles. The SMILES string of the molecule is CC(C)c1ccc(C(=O)NCCNC(=O)c2ccc(C(F)(F)F)cc2)cc1. The number of amides is 2. The Labute approximate surface area is 155 Å². The molecule has 0 aliphatic heterocycles. The van der Waals surface area contributed by atoms with Gasteiger partial charge in [-0.05, 0) is 47.9 Å². The third-order valence-electron chi connectivity index (χ3n) is 4.01. The highest BCUT2D eigenvalue weighted by Crippen LogP contribution is 2.29. The molecule has 0 heterocycles. The van der Waals surface area contributed by atoms with Gasteiger partial charge in [0.15, 0.2) is 0 Å². The first-order chi connectivity index (χ1) is 12.7. The highest BCUT2D eigenvalue weighted by atomic mass is 19.4. The minimum Gasteiger partial charge on any atom is -0.350 e. The summed E-state index contributed by atoms with van der Waals surface area (Å²) in [6.07, 6.45) is -4.44. The fourth-order valence-corrected chi connectivity index (χ4v) is 2.39. The predicted octanol–water partition coefficient (Wildman–Crippen LogP) is 3.99. The Morgan fingerprint density at radius 2 is 1.22 bits per heavy atom. The van der Waals surface area contributed by atoms with Gasteiger partial charge in [0, 0.05) is 24.2 Å². The van der Waals surface area contributed by atoms with Gasteiger partial charge in [0.2, 0.25) is 0 Å². The van der Waals surface area contributed by atoms with Crippen LogP contribution in [0, 0.1) is 0 Å². The predicted molar refractivity (Wildman–Crippen MR) is 96.6 cm³/mol. The molecule has 2 N–H and O–H groups in total. The van der Waals surface area contributed by atoms with Crippen molar-refractivity contribution in [3.63, 3.8) is 0 Å². The van der Waals surface area contributed by atoms with Gasteiger partial charge in [-0.15, -0.1) is 0 Å². The molecule has 4 nitrogen and oxygen atoms in total. The first-order valence-electron chi connectivity index (χ1n) is 8.52. The van der Waals surface area contributed by atoms with E-state index in [4.69, 9.17) is 0 Å². The zero-order valence-corrected chi connectivity index (χ0v) is 15.1. The quantitative estimate of drug-likeness (QED) is 0.747. The summed E-state index contributed by atoms with van der Waals surface area (Å²) in [6, 6.07) is 11.2. The van der Waals surface area contributed by atoms with E-state index in [0.717, 1.165) is 29.8 Å². The molecule has 0 atom stereocenters. The minimum atomic E-state index is -4.44. The van der Waals surface area contributed by atoms with Crippen LogP contribution in [0.1, 0.15) is 51.6 Å². The van der Waals surface area contributed by atoms with E-state index in [2.05, 4.69) is 24.5 Å². The molecule has 0 unspecified atom stereocenters. The number of halogens is 3. The topological polar surface area (TPSA) is 58.2 Å². The average molecular weight is 378 g/mol. The van der Waals surface area contributed by atoms with E-state index >= 15 is 0 Å². The van der Waals surface area contributed by atoms with Gasteiger partial charge < -0.3 is 10.6 Å². The van der Waals surface area contributed by atoms with E-state index in [-0.39, 0.29) is 24.6 Å². The zero-order valence-electron chi connectivity index (χ0n) is 15.1. The Morgan fingerprint density at radius 1 is 0.815 bits per heavy atom. The highest BCUT2D eigenvalue weighted by molar-refractivity contribution is 5.95. The van der Waals surface area contributed by atoms with E-state index in [1.807, 2.05) is 12.1 Å². The number of hydrogen-bond acceptors (Lipinski definition) is 2. The van der Waals surface area contributed by atoms with Gasteiger partial charge in [-0.3, -0.25) is 9.59 Å². The second-order valence-electron chi connectivity index (χ2n) is 6.36. The summed E-state index contributed by atoms with van der Waals surface area (Å²) in [5, 5.41) is 5.23. The molecule has 0 radical (unpaired) electrons. The fraction of sp³-hybridized carbons (Fsp3) is 0.300. The van der Waals surface area contributed by atoms with Crippen molar-refractivity contribution in [2.75, 3.05) is 13.1 Å². The van der Waals surface area contributed by atoms with Crippen LogP contribution in [-0.4, -0.2) is 24.9 Å². The summed E-state index contributed by atoms with van der Waals surface area (Å²) in [4.78, 5) is 24.0. The molecule has 27 heavy (non-hydrogen) atoms. The first kappa shape index (κ1) is 20.5. The van der Waals surface area contributed by atoms with Crippen molar-refractivity contribution >= 4 is 11.8 Å².